The average molecular weight is 329 g/mol. The Labute approximate surface area is 137 Å². The number of rotatable bonds is 4. The Morgan fingerprint density at radius 1 is 1.35 bits per heavy atom. The van der Waals surface area contributed by atoms with Crippen LogP contribution in [0.5, 0.6) is 0 Å². The number of hydrogen-bond donors (Lipinski definition) is 2. The lowest BCUT2D eigenvalue weighted by molar-refractivity contribution is -0.143. The van der Waals surface area contributed by atoms with Gasteiger partial charge in [0.05, 0.1) is 5.52 Å². The lowest BCUT2D eigenvalue weighted by atomic mass is 9.98. The van der Waals surface area contributed by atoms with E-state index in [4.69, 9.17) is 16.4 Å². The van der Waals surface area contributed by atoms with Crippen LogP contribution < -0.4 is 5.48 Å². The molecular weight excluding hydrogens is 316 g/mol. The molecule has 0 bridgehead atoms. The Balaban J connectivity index is 2.13. The van der Waals surface area contributed by atoms with E-state index in [-0.39, 0.29) is 0 Å². The Hall–Kier alpha value is -2.70. The zero-order valence-electron chi connectivity index (χ0n) is 12.2. The molecule has 0 unspecified atom stereocenters. The molecule has 3 rings (SSSR count). The van der Waals surface area contributed by atoms with Gasteiger partial charge < -0.3 is 4.84 Å². The molecule has 1 aromatic carbocycles. The number of carbonyl (C=O) groups excluding carboxylic acids is 1. The monoisotopic (exact) mass is 328 g/mol. The normalized spacial score (nSPS) is 11.7. The first-order valence-electron chi connectivity index (χ1n) is 6.82. The summed E-state index contributed by atoms with van der Waals surface area (Å²) in [7, 11) is 1.52. The third-order valence-electron chi connectivity index (χ3n) is 3.26. The average Bonchev–Trinajstić information content (AvgIpc) is 2.94. The van der Waals surface area contributed by atoms with Crippen LogP contribution in [0.1, 0.15) is 11.1 Å². The van der Waals surface area contributed by atoms with E-state index in [1.807, 2.05) is 24.3 Å². The van der Waals surface area contributed by atoms with E-state index in [9.17, 15) is 4.79 Å². The van der Waals surface area contributed by atoms with Gasteiger partial charge in [0, 0.05) is 36.5 Å². The highest BCUT2D eigenvalue weighted by Crippen LogP contribution is 2.28. The molecule has 0 spiro atoms. The molecule has 0 fully saturated rings. The highest BCUT2D eigenvalue weighted by Gasteiger charge is 2.11. The molecule has 6 nitrogen and oxygen atoms in total. The molecular formula is C16H13ClN4O2. The maximum atomic E-state index is 11.9. The van der Waals surface area contributed by atoms with Crippen molar-refractivity contribution in [2.24, 2.45) is 0 Å². The smallest absolute Gasteiger partial charge is 0.350 e. The van der Waals surface area contributed by atoms with Gasteiger partial charge in [-0.15, -0.1) is 0 Å². The number of fused-ring (bicyclic) bond motifs is 1. The summed E-state index contributed by atoms with van der Waals surface area (Å²) in [5.41, 5.74) is 5.46. The summed E-state index contributed by atoms with van der Waals surface area (Å²) in [6.07, 6.45) is 4.76. The van der Waals surface area contributed by atoms with Gasteiger partial charge in [0.15, 0.2) is 5.15 Å². The summed E-state index contributed by atoms with van der Waals surface area (Å²) >= 11 is 6.07. The Kier molecular flexibility index (Phi) is 4.36. The summed E-state index contributed by atoms with van der Waals surface area (Å²) in [5, 5.41) is 7.96. The van der Waals surface area contributed by atoms with Crippen LogP contribution in [-0.2, 0) is 9.63 Å². The minimum Gasteiger partial charge on any atom is -0.367 e. The van der Waals surface area contributed by atoms with Crippen molar-refractivity contribution in [3.05, 3.63) is 65.1 Å². The number of nitrogens with one attached hydrogen (secondary N) is 2. The molecule has 0 aliphatic rings. The molecule has 0 saturated heterocycles. The summed E-state index contributed by atoms with van der Waals surface area (Å²) in [5.74, 6) is -0.509. The number of benzene rings is 1. The number of nitrogens with zero attached hydrogens (tertiary/aromatic N) is 2. The fourth-order valence-corrected chi connectivity index (χ4v) is 2.45. The first kappa shape index (κ1) is 15.2. The molecule has 2 N–H and O–H groups in total. The molecule has 116 valence electrons. The zero-order chi connectivity index (χ0) is 16.2. The van der Waals surface area contributed by atoms with Gasteiger partial charge in [-0.05, 0) is 29.3 Å². The van der Waals surface area contributed by atoms with E-state index in [1.165, 1.54) is 13.1 Å². The van der Waals surface area contributed by atoms with E-state index in [0.29, 0.717) is 10.7 Å². The molecule has 7 heteroatoms. The number of pyridine rings is 1. The molecule has 0 saturated carbocycles. The second-order valence-electron chi connectivity index (χ2n) is 4.70. The van der Waals surface area contributed by atoms with Gasteiger partial charge in [0.25, 0.3) is 0 Å². The lowest BCUT2D eigenvalue weighted by Gasteiger charge is -2.08. The Bertz CT molecular complexity index is 874. The highest BCUT2D eigenvalue weighted by molar-refractivity contribution is 6.34. The van der Waals surface area contributed by atoms with Crippen LogP contribution in [0, 0.1) is 0 Å². The van der Waals surface area contributed by atoms with Gasteiger partial charge in [0.2, 0.25) is 0 Å². The molecule has 0 radical (unpaired) electrons. The van der Waals surface area contributed by atoms with E-state index in [1.54, 1.807) is 18.5 Å². The number of hydroxylamine groups is 1. The molecule has 0 aliphatic heterocycles. The summed E-state index contributed by atoms with van der Waals surface area (Å²) in [6, 6.07) is 9.27. The van der Waals surface area contributed by atoms with Gasteiger partial charge in [0.1, 0.15) is 0 Å². The van der Waals surface area contributed by atoms with Crippen LogP contribution in [0.3, 0.4) is 0 Å². The molecule has 0 aliphatic carbocycles. The van der Waals surface area contributed by atoms with E-state index < -0.39 is 5.97 Å². The summed E-state index contributed by atoms with van der Waals surface area (Å²) < 4.78 is 0. The highest BCUT2D eigenvalue weighted by atomic mass is 35.5. The van der Waals surface area contributed by atoms with Gasteiger partial charge in [-0.1, -0.05) is 23.7 Å². The van der Waals surface area contributed by atoms with Crippen LogP contribution in [0.2, 0.25) is 5.15 Å². The number of carbonyl (C=O) groups is 1. The van der Waals surface area contributed by atoms with Crippen molar-refractivity contribution in [1.82, 2.24) is 20.7 Å². The summed E-state index contributed by atoms with van der Waals surface area (Å²) in [6.45, 7) is 0. The van der Waals surface area contributed by atoms with Gasteiger partial charge in [-0.25, -0.2) is 4.79 Å². The predicted octanol–water partition coefficient (Wildman–Crippen LogP) is 2.72. The molecule has 2 aromatic heterocycles. The number of hydrogen-bond acceptors (Lipinski definition) is 5. The van der Waals surface area contributed by atoms with Crippen molar-refractivity contribution in [3.8, 4) is 0 Å². The molecule has 2 heterocycles. The molecule has 0 atom stereocenters. The van der Waals surface area contributed by atoms with Crippen LogP contribution >= 0.6 is 11.6 Å². The van der Waals surface area contributed by atoms with Crippen molar-refractivity contribution in [2.45, 2.75) is 0 Å². The number of H-pyrrole nitrogens is 1. The molecule has 0 amide bonds. The van der Waals surface area contributed by atoms with Gasteiger partial charge >= 0.3 is 5.97 Å². The minimum atomic E-state index is -0.509. The zero-order valence-corrected chi connectivity index (χ0v) is 13.0. The van der Waals surface area contributed by atoms with Crippen molar-refractivity contribution in [3.63, 3.8) is 0 Å². The number of halogens is 1. The largest absolute Gasteiger partial charge is 0.367 e. The predicted molar refractivity (Wildman–Crippen MR) is 87.6 cm³/mol. The van der Waals surface area contributed by atoms with Crippen LogP contribution in [0.25, 0.3) is 16.5 Å². The van der Waals surface area contributed by atoms with Crippen LogP contribution in [0.15, 0.2) is 48.8 Å². The Morgan fingerprint density at radius 3 is 2.96 bits per heavy atom. The van der Waals surface area contributed by atoms with Crippen molar-refractivity contribution in [2.75, 3.05) is 7.05 Å². The number of aromatic amines is 1. The minimum absolute atomic E-state index is 0.380. The first-order valence-corrected chi connectivity index (χ1v) is 7.20. The third kappa shape index (κ3) is 3.23. The van der Waals surface area contributed by atoms with Gasteiger partial charge in [-0.2, -0.15) is 10.6 Å². The number of aromatic nitrogens is 3. The van der Waals surface area contributed by atoms with Crippen molar-refractivity contribution >= 4 is 34.0 Å². The fraction of sp³-hybridized carbons (Fsp3) is 0.0625. The molecule has 3 aromatic rings. The standard InChI is InChI=1S/C16H13ClN4O2/c1-18-23-15(22)8-12(11-3-2-6-19-9-11)10-4-5-14-13(7-10)16(17)21-20-14/h2-9,18H,1H3,(H,20,21)/b12-8+. The maximum Gasteiger partial charge on any atom is 0.350 e. The second-order valence-corrected chi connectivity index (χ2v) is 5.06. The van der Waals surface area contributed by atoms with E-state index >= 15 is 0 Å². The van der Waals surface area contributed by atoms with E-state index in [2.05, 4.69) is 20.7 Å². The quantitative estimate of drug-likeness (QED) is 0.568. The van der Waals surface area contributed by atoms with Crippen LogP contribution in [0.4, 0.5) is 0 Å². The summed E-state index contributed by atoms with van der Waals surface area (Å²) in [4.78, 5) is 20.7. The van der Waals surface area contributed by atoms with Gasteiger partial charge in [-0.3, -0.25) is 10.1 Å². The maximum absolute atomic E-state index is 11.9. The van der Waals surface area contributed by atoms with E-state index in [0.717, 1.165) is 22.0 Å². The Morgan fingerprint density at radius 2 is 2.22 bits per heavy atom. The topological polar surface area (TPSA) is 79.9 Å². The fourth-order valence-electron chi connectivity index (χ4n) is 2.25. The lowest BCUT2D eigenvalue weighted by Crippen LogP contribution is -2.13. The van der Waals surface area contributed by atoms with Crippen molar-refractivity contribution in [1.29, 1.82) is 0 Å². The van der Waals surface area contributed by atoms with Crippen molar-refractivity contribution < 1.29 is 9.63 Å². The third-order valence-corrected chi connectivity index (χ3v) is 3.55. The SMILES string of the molecule is CNOC(=O)/C=C(/c1cccnc1)c1ccc2[nH]nc(Cl)c2c1. The second kappa shape index (κ2) is 6.60. The van der Waals surface area contributed by atoms with Crippen LogP contribution in [-0.4, -0.2) is 28.2 Å². The molecule has 23 heavy (non-hydrogen) atoms. The first-order chi connectivity index (χ1) is 11.2.